The molecule has 18 heavy (non-hydrogen) atoms. The molecule has 0 bridgehead atoms. The van der Waals surface area contributed by atoms with Gasteiger partial charge >= 0.3 is 5.97 Å². The summed E-state index contributed by atoms with van der Waals surface area (Å²) in [6.07, 6.45) is 5.72. The van der Waals surface area contributed by atoms with Crippen LogP contribution in [-0.4, -0.2) is 38.4 Å². The average Bonchev–Trinajstić information content (AvgIpc) is 2.39. The normalized spacial score (nSPS) is 23.6. The quantitative estimate of drug-likeness (QED) is 0.409. The topological polar surface area (TPSA) is 47.6 Å². The van der Waals surface area contributed by atoms with E-state index < -0.39 is 0 Å². The first kappa shape index (κ1) is 15.2. The van der Waals surface area contributed by atoms with Crippen LogP contribution in [0, 0.1) is 5.92 Å². The molecule has 4 nitrogen and oxygen atoms in total. The maximum absolute atomic E-state index is 11.6. The van der Waals surface area contributed by atoms with Gasteiger partial charge in [0.2, 0.25) is 0 Å². The van der Waals surface area contributed by atoms with E-state index in [1.54, 1.807) is 6.08 Å². The molecule has 0 spiro atoms. The molecule has 0 heterocycles. The molecule has 4 heteroatoms. The zero-order chi connectivity index (χ0) is 13.2. The van der Waals surface area contributed by atoms with E-state index in [0.717, 1.165) is 32.2 Å². The highest BCUT2D eigenvalue weighted by molar-refractivity contribution is 5.72. The summed E-state index contributed by atoms with van der Waals surface area (Å²) >= 11 is 0. The lowest BCUT2D eigenvalue weighted by Crippen LogP contribution is -2.37. The first-order valence-electron chi connectivity index (χ1n) is 6.86. The highest BCUT2D eigenvalue weighted by Gasteiger charge is 2.26. The van der Waals surface area contributed by atoms with E-state index in [-0.39, 0.29) is 11.9 Å². The molecular weight excluding hydrogens is 230 g/mol. The van der Waals surface area contributed by atoms with Gasteiger partial charge in [-0.05, 0) is 32.6 Å². The van der Waals surface area contributed by atoms with Gasteiger partial charge < -0.3 is 14.8 Å². The third-order valence-corrected chi connectivity index (χ3v) is 3.26. The third kappa shape index (κ3) is 5.65. The van der Waals surface area contributed by atoms with Crippen LogP contribution in [0.3, 0.4) is 0 Å². The Morgan fingerprint density at radius 2 is 2.11 bits per heavy atom. The van der Waals surface area contributed by atoms with Crippen LogP contribution in [0.5, 0.6) is 0 Å². The molecule has 0 radical (unpaired) electrons. The number of rotatable bonds is 8. The van der Waals surface area contributed by atoms with Gasteiger partial charge in [0.15, 0.2) is 0 Å². The summed E-state index contributed by atoms with van der Waals surface area (Å²) in [5, 5.41) is 3.46. The third-order valence-electron chi connectivity index (χ3n) is 3.26. The van der Waals surface area contributed by atoms with Crippen LogP contribution in [-0.2, 0) is 14.3 Å². The molecule has 0 aliphatic heterocycles. The summed E-state index contributed by atoms with van der Waals surface area (Å²) in [5.74, 6) is 0.0882. The molecular formula is C14H25NO3. The fourth-order valence-corrected chi connectivity index (χ4v) is 2.30. The molecule has 0 unspecified atom stereocenters. The molecule has 1 aliphatic rings. The summed E-state index contributed by atoms with van der Waals surface area (Å²) in [7, 11) is 0. The SMILES string of the molecule is C=CCOCCNC1CCC(C(=O)OCC)CC1. The zero-order valence-electron chi connectivity index (χ0n) is 11.3. The van der Waals surface area contributed by atoms with Crippen molar-refractivity contribution in [2.75, 3.05) is 26.4 Å². The maximum atomic E-state index is 11.6. The minimum Gasteiger partial charge on any atom is -0.466 e. The summed E-state index contributed by atoms with van der Waals surface area (Å²) in [4.78, 5) is 11.6. The molecule has 1 saturated carbocycles. The van der Waals surface area contributed by atoms with Crippen LogP contribution < -0.4 is 5.32 Å². The van der Waals surface area contributed by atoms with Crippen molar-refractivity contribution < 1.29 is 14.3 Å². The summed E-state index contributed by atoms with van der Waals surface area (Å²) in [5.41, 5.74) is 0. The monoisotopic (exact) mass is 255 g/mol. The average molecular weight is 255 g/mol. The Labute approximate surface area is 110 Å². The van der Waals surface area contributed by atoms with Gasteiger partial charge in [-0.1, -0.05) is 6.08 Å². The van der Waals surface area contributed by atoms with E-state index in [1.165, 1.54) is 0 Å². The van der Waals surface area contributed by atoms with Crippen LogP contribution in [0.2, 0.25) is 0 Å². The minimum atomic E-state index is -0.0229. The van der Waals surface area contributed by atoms with Crippen LogP contribution in [0.25, 0.3) is 0 Å². The Morgan fingerprint density at radius 1 is 1.39 bits per heavy atom. The molecule has 1 rings (SSSR count). The fourth-order valence-electron chi connectivity index (χ4n) is 2.30. The Hall–Kier alpha value is -0.870. The van der Waals surface area contributed by atoms with Gasteiger partial charge in [0.05, 0.1) is 25.7 Å². The highest BCUT2D eigenvalue weighted by Crippen LogP contribution is 2.25. The van der Waals surface area contributed by atoms with Gasteiger partial charge in [-0.15, -0.1) is 6.58 Å². The van der Waals surface area contributed by atoms with E-state index in [0.29, 0.717) is 25.9 Å². The first-order valence-corrected chi connectivity index (χ1v) is 6.86. The summed E-state index contributed by atoms with van der Waals surface area (Å²) in [6, 6.07) is 0.517. The van der Waals surface area contributed by atoms with Crippen molar-refractivity contribution in [3.63, 3.8) is 0 Å². The van der Waals surface area contributed by atoms with Gasteiger partial charge in [0.1, 0.15) is 0 Å². The lowest BCUT2D eigenvalue weighted by molar-refractivity contribution is -0.149. The van der Waals surface area contributed by atoms with Crippen LogP contribution in [0.1, 0.15) is 32.6 Å². The van der Waals surface area contributed by atoms with E-state index in [9.17, 15) is 4.79 Å². The minimum absolute atomic E-state index is 0.0229. The van der Waals surface area contributed by atoms with Crippen molar-refractivity contribution in [1.29, 1.82) is 0 Å². The smallest absolute Gasteiger partial charge is 0.308 e. The van der Waals surface area contributed by atoms with E-state index >= 15 is 0 Å². The van der Waals surface area contributed by atoms with Crippen molar-refractivity contribution >= 4 is 5.97 Å². The zero-order valence-corrected chi connectivity index (χ0v) is 11.3. The van der Waals surface area contributed by atoms with Gasteiger partial charge in [-0.25, -0.2) is 0 Å². The Morgan fingerprint density at radius 3 is 2.72 bits per heavy atom. The predicted octanol–water partition coefficient (Wildman–Crippen LogP) is 1.90. The second kappa shape index (κ2) is 9.11. The van der Waals surface area contributed by atoms with Crippen molar-refractivity contribution in [1.82, 2.24) is 5.32 Å². The first-order chi connectivity index (χ1) is 8.77. The molecule has 0 aromatic carbocycles. The van der Waals surface area contributed by atoms with Crippen molar-refractivity contribution in [2.24, 2.45) is 5.92 Å². The van der Waals surface area contributed by atoms with Crippen molar-refractivity contribution in [3.8, 4) is 0 Å². The molecule has 0 aromatic heterocycles. The molecule has 1 N–H and O–H groups in total. The lowest BCUT2D eigenvalue weighted by atomic mass is 9.86. The molecule has 1 aliphatic carbocycles. The van der Waals surface area contributed by atoms with Crippen LogP contribution in [0.15, 0.2) is 12.7 Å². The number of hydrogen-bond acceptors (Lipinski definition) is 4. The van der Waals surface area contributed by atoms with Gasteiger partial charge in [-0.3, -0.25) is 4.79 Å². The number of hydrogen-bond donors (Lipinski definition) is 1. The number of ether oxygens (including phenoxy) is 2. The van der Waals surface area contributed by atoms with Crippen molar-refractivity contribution in [2.45, 2.75) is 38.6 Å². The Bertz CT molecular complexity index is 247. The number of carbonyl (C=O) groups excluding carboxylic acids is 1. The lowest BCUT2D eigenvalue weighted by Gasteiger charge is -2.27. The maximum Gasteiger partial charge on any atom is 0.308 e. The standard InChI is InChI=1S/C14H25NO3/c1-3-10-17-11-9-15-13-7-5-12(6-8-13)14(16)18-4-2/h3,12-13,15H,1,4-11H2,2H3. The summed E-state index contributed by atoms with van der Waals surface area (Å²) < 4.78 is 10.4. The second-order valence-electron chi connectivity index (χ2n) is 4.62. The largest absolute Gasteiger partial charge is 0.466 e. The molecule has 0 amide bonds. The van der Waals surface area contributed by atoms with E-state index in [4.69, 9.17) is 9.47 Å². The van der Waals surface area contributed by atoms with E-state index in [2.05, 4.69) is 11.9 Å². The van der Waals surface area contributed by atoms with Gasteiger partial charge in [0.25, 0.3) is 0 Å². The Balaban J connectivity index is 2.08. The molecule has 104 valence electrons. The molecule has 0 saturated heterocycles. The number of carbonyl (C=O) groups is 1. The fraction of sp³-hybridized carbons (Fsp3) is 0.786. The predicted molar refractivity (Wildman–Crippen MR) is 71.4 cm³/mol. The second-order valence-corrected chi connectivity index (χ2v) is 4.62. The Kier molecular flexibility index (Phi) is 7.69. The van der Waals surface area contributed by atoms with Gasteiger partial charge in [-0.2, -0.15) is 0 Å². The van der Waals surface area contributed by atoms with E-state index in [1.807, 2.05) is 6.92 Å². The molecule has 0 atom stereocenters. The molecule has 0 aromatic rings. The van der Waals surface area contributed by atoms with Crippen LogP contribution >= 0.6 is 0 Å². The number of esters is 1. The summed E-state index contributed by atoms with van der Waals surface area (Å²) in [6.45, 7) is 8.12. The molecule has 1 fully saturated rings. The van der Waals surface area contributed by atoms with Crippen molar-refractivity contribution in [3.05, 3.63) is 12.7 Å². The van der Waals surface area contributed by atoms with Crippen LogP contribution in [0.4, 0.5) is 0 Å². The van der Waals surface area contributed by atoms with Gasteiger partial charge in [0, 0.05) is 12.6 Å². The highest BCUT2D eigenvalue weighted by atomic mass is 16.5. The number of nitrogens with one attached hydrogen (secondary N) is 1.